The van der Waals surface area contributed by atoms with Crippen molar-refractivity contribution in [1.82, 2.24) is 5.32 Å². The Morgan fingerprint density at radius 1 is 0.750 bits per heavy atom. The van der Waals surface area contributed by atoms with Crippen molar-refractivity contribution in [3.8, 4) is 0 Å². The number of unbranched alkanes of at least 4 members (excludes halogenated alkanes) is 5. The molecule has 0 atom stereocenters. The first kappa shape index (κ1) is 20.0. The minimum Gasteiger partial charge on any atom is -0.377 e. The van der Waals surface area contributed by atoms with Gasteiger partial charge in [0.15, 0.2) is 0 Å². The Labute approximate surface area is 125 Å². The van der Waals surface area contributed by atoms with Crippen LogP contribution in [0.4, 0.5) is 0 Å². The van der Waals surface area contributed by atoms with Gasteiger partial charge in [-0.15, -0.1) is 0 Å². The van der Waals surface area contributed by atoms with Gasteiger partial charge in [0.1, 0.15) is 0 Å². The Hall–Kier alpha value is 0.0169. The summed E-state index contributed by atoms with van der Waals surface area (Å²) in [5.41, 5.74) is 5.46. The molecule has 0 aliphatic heterocycles. The summed E-state index contributed by atoms with van der Waals surface area (Å²) in [6.45, 7) is 2.92. The molecule has 0 unspecified atom stereocenters. The lowest BCUT2D eigenvalue weighted by molar-refractivity contribution is 0.123. The van der Waals surface area contributed by atoms with Gasteiger partial charge in [-0.1, -0.05) is 25.7 Å². The number of nitrogens with one attached hydrogen (secondary N) is 1. The largest absolute Gasteiger partial charge is 0.500 e. The molecule has 0 bridgehead atoms. The third-order valence-corrected chi connectivity index (χ3v) is 6.41. The molecular weight excluding hydrogens is 272 g/mol. The highest BCUT2D eigenvalue weighted by Gasteiger charge is 2.36. The van der Waals surface area contributed by atoms with E-state index in [1.165, 1.54) is 38.5 Å². The molecule has 3 N–H and O–H groups in total. The van der Waals surface area contributed by atoms with Crippen molar-refractivity contribution < 1.29 is 13.3 Å². The van der Waals surface area contributed by atoms with Gasteiger partial charge in [0.2, 0.25) is 0 Å². The van der Waals surface area contributed by atoms with Gasteiger partial charge < -0.3 is 24.3 Å². The van der Waals surface area contributed by atoms with E-state index in [4.69, 9.17) is 19.0 Å². The maximum Gasteiger partial charge on any atom is 0.500 e. The lowest BCUT2D eigenvalue weighted by atomic mass is 10.1. The molecule has 0 radical (unpaired) electrons. The van der Waals surface area contributed by atoms with Crippen molar-refractivity contribution >= 4 is 8.80 Å². The van der Waals surface area contributed by atoms with Crippen molar-refractivity contribution in [3.63, 3.8) is 0 Å². The topological polar surface area (TPSA) is 65.7 Å². The molecule has 0 aromatic heterocycles. The fourth-order valence-electron chi connectivity index (χ4n) is 2.21. The zero-order chi connectivity index (χ0) is 15.1. The molecule has 0 fully saturated rings. The molecule has 0 aromatic rings. The average Bonchev–Trinajstić information content (AvgIpc) is 2.49. The lowest BCUT2D eigenvalue weighted by Crippen LogP contribution is -2.43. The van der Waals surface area contributed by atoms with Gasteiger partial charge >= 0.3 is 8.80 Å². The van der Waals surface area contributed by atoms with Crippen molar-refractivity contribution in [2.24, 2.45) is 5.73 Å². The predicted octanol–water partition coefficient (Wildman–Crippen LogP) is 2.14. The SMILES string of the molecule is CO[Si](CCCNCCCCCCCCN)(OC)OC. The van der Waals surface area contributed by atoms with Crippen molar-refractivity contribution in [2.45, 2.75) is 51.0 Å². The van der Waals surface area contributed by atoms with E-state index in [1.807, 2.05) is 0 Å². The van der Waals surface area contributed by atoms with Crippen LogP contribution in [-0.4, -0.2) is 49.8 Å². The summed E-state index contributed by atoms with van der Waals surface area (Å²) in [6, 6.07) is 0.864. The first-order valence-electron chi connectivity index (χ1n) is 7.81. The Morgan fingerprint density at radius 3 is 1.80 bits per heavy atom. The molecule has 5 nitrogen and oxygen atoms in total. The lowest BCUT2D eigenvalue weighted by Gasteiger charge is -2.24. The highest BCUT2D eigenvalue weighted by molar-refractivity contribution is 6.60. The smallest absolute Gasteiger partial charge is 0.377 e. The van der Waals surface area contributed by atoms with Crippen molar-refractivity contribution in [1.29, 1.82) is 0 Å². The van der Waals surface area contributed by atoms with Crippen LogP contribution in [0.5, 0.6) is 0 Å². The first-order chi connectivity index (χ1) is 9.74. The normalized spacial score (nSPS) is 12.0. The molecule has 0 saturated heterocycles. The van der Waals surface area contributed by atoms with Crippen LogP contribution in [0.15, 0.2) is 0 Å². The van der Waals surface area contributed by atoms with E-state index in [-0.39, 0.29) is 0 Å². The summed E-state index contributed by atoms with van der Waals surface area (Å²) in [5.74, 6) is 0. The van der Waals surface area contributed by atoms with Crippen LogP contribution in [0, 0.1) is 0 Å². The summed E-state index contributed by atoms with van der Waals surface area (Å²) in [4.78, 5) is 0. The number of rotatable bonds is 15. The van der Waals surface area contributed by atoms with Crippen molar-refractivity contribution in [3.05, 3.63) is 0 Å². The second-order valence-corrected chi connectivity index (χ2v) is 8.15. The van der Waals surface area contributed by atoms with Crippen LogP contribution in [0.1, 0.15) is 44.9 Å². The van der Waals surface area contributed by atoms with E-state index >= 15 is 0 Å². The van der Waals surface area contributed by atoms with Crippen LogP contribution < -0.4 is 11.1 Å². The van der Waals surface area contributed by atoms with E-state index < -0.39 is 8.80 Å². The highest BCUT2D eigenvalue weighted by Crippen LogP contribution is 2.14. The molecule has 0 aromatic carbocycles. The van der Waals surface area contributed by atoms with Crippen LogP contribution in [0.2, 0.25) is 6.04 Å². The predicted molar refractivity (Wildman–Crippen MR) is 85.8 cm³/mol. The third-order valence-electron chi connectivity index (χ3n) is 3.58. The van der Waals surface area contributed by atoms with E-state index in [2.05, 4.69) is 5.32 Å². The highest BCUT2D eigenvalue weighted by atomic mass is 28.4. The third kappa shape index (κ3) is 9.85. The zero-order valence-corrected chi connectivity index (χ0v) is 14.6. The molecule has 0 aliphatic carbocycles. The maximum absolute atomic E-state index is 5.46. The molecular formula is C14H34N2O3Si. The molecule has 0 heterocycles. The monoisotopic (exact) mass is 306 g/mol. The molecule has 122 valence electrons. The number of hydrogen-bond donors (Lipinski definition) is 2. The molecule has 0 aliphatic rings. The van der Waals surface area contributed by atoms with Gasteiger partial charge in [-0.25, -0.2) is 0 Å². The molecule has 6 heteroatoms. The summed E-state index contributed by atoms with van der Waals surface area (Å²) < 4.78 is 16.2. The first-order valence-corrected chi connectivity index (χ1v) is 9.74. The molecule has 0 amide bonds. The zero-order valence-electron chi connectivity index (χ0n) is 13.6. The number of nitrogens with two attached hydrogens (primary N) is 1. The van der Waals surface area contributed by atoms with E-state index in [0.717, 1.165) is 32.1 Å². The molecule has 20 heavy (non-hydrogen) atoms. The Morgan fingerprint density at radius 2 is 1.25 bits per heavy atom. The van der Waals surface area contributed by atoms with Gasteiger partial charge in [0.05, 0.1) is 0 Å². The van der Waals surface area contributed by atoms with Crippen LogP contribution >= 0.6 is 0 Å². The standard InChI is InChI=1S/C14H34N2O3Si/c1-17-20(18-2,19-3)14-10-13-16-12-9-7-5-4-6-8-11-15/h16H,4-15H2,1-3H3. The second-order valence-electron chi connectivity index (χ2n) is 5.06. The molecule has 0 rings (SSSR count). The number of hydrogen-bond acceptors (Lipinski definition) is 5. The van der Waals surface area contributed by atoms with Crippen molar-refractivity contribution in [2.75, 3.05) is 41.0 Å². The van der Waals surface area contributed by atoms with Gasteiger partial charge in [-0.05, 0) is 38.9 Å². The Bertz CT molecular complexity index is 197. The van der Waals surface area contributed by atoms with Gasteiger partial charge in [0, 0.05) is 27.4 Å². The van der Waals surface area contributed by atoms with E-state index in [1.54, 1.807) is 21.3 Å². The average molecular weight is 307 g/mol. The van der Waals surface area contributed by atoms with Crippen LogP contribution in [0.25, 0.3) is 0 Å². The van der Waals surface area contributed by atoms with Gasteiger partial charge in [0.25, 0.3) is 0 Å². The fraction of sp³-hybridized carbons (Fsp3) is 1.00. The summed E-state index contributed by atoms with van der Waals surface area (Å²) >= 11 is 0. The van der Waals surface area contributed by atoms with Gasteiger partial charge in [-0.3, -0.25) is 0 Å². The maximum atomic E-state index is 5.46. The summed E-state index contributed by atoms with van der Waals surface area (Å²) in [5, 5.41) is 3.47. The van der Waals surface area contributed by atoms with Gasteiger partial charge in [-0.2, -0.15) is 0 Å². The minimum atomic E-state index is -2.36. The Balaban J connectivity index is 3.32. The van der Waals surface area contributed by atoms with Crippen LogP contribution in [0.3, 0.4) is 0 Å². The Kier molecular flexibility index (Phi) is 14.0. The van der Waals surface area contributed by atoms with Crippen LogP contribution in [-0.2, 0) is 13.3 Å². The quantitative estimate of drug-likeness (QED) is 0.358. The van der Waals surface area contributed by atoms with E-state index in [0.29, 0.717) is 0 Å². The summed E-state index contributed by atoms with van der Waals surface area (Å²) in [7, 11) is 2.63. The second kappa shape index (κ2) is 14.0. The summed E-state index contributed by atoms with van der Waals surface area (Å²) in [6.07, 6.45) is 8.69. The van der Waals surface area contributed by atoms with E-state index in [9.17, 15) is 0 Å². The molecule has 0 spiro atoms. The molecule has 0 saturated carbocycles. The fourth-order valence-corrected chi connectivity index (χ4v) is 3.93. The minimum absolute atomic E-state index is 0.830.